The van der Waals surface area contributed by atoms with Crippen LogP contribution >= 0.6 is 11.8 Å². The summed E-state index contributed by atoms with van der Waals surface area (Å²) in [6.45, 7) is 1.86. The summed E-state index contributed by atoms with van der Waals surface area (Å²) >= 11 is 1.19. The van der Waals surface area contributed by atoms with Crippen molar-refractivity contribution in [2.24, 2.45) is 5.16 Å². The van der Waals surface area contributed by atoms with Crippen LogP contribution in [0.25, 0.3) is 0 Å². The summed E-state index contributed by atoms with van der Waals surface area (Å²) in [5.74, 6) is 0. The predicted molar refractivity (Wildman–Crippen MR) is 72.8 cm³/mol. The van der Waals surface area contributed by atoms with E-state index < -0.39 is 10.1 Å². The maximum absolute atomic E-state index is 11.8. The van der Waals surface area contributed by atoms with Crippen molar-refractivity contribution < 1.29 is 12.7 Å². The van der Waals surface area contributed by atoms with Crippen LogP contribution in [0.1, 0.15) is 12.0 Å². The summed E-state index contributed by atoms with van der Waals surface area (Å²) in [4.78, 5) is 0.0545. The number of nitrogens with zero attached hydrogens (tertiary/aromatic N) is 2. The minimum absolute atomic E-state index is 0.0545. The Balaban J connectivity index is 2.09. The van der Waals surface area contributed by atoms with E-state index in [4.69, 9.17) is 5.26 Å². The molecule has 19 heavy (non-hydrogen) atoms. The number of hydrogen-bond acceptors (Lipinski definition) is 6. The molecule has 0 amide bonds. The number of thioether (sulfide) groups is 1. The highest BCUT2D eigenvalue weighted by atomic mass is 32.2. The summed E-state index contributed by atoms with van der Waals surface area (Å²) in [6, 6.07) is 8.28. The number of rotatable bonds is 3. The first-order valence-corrected chi connectivity index (χ1v) is 7.63. The third-order valence-corrected chi connectivity index (χ3v) is 4.38. The van der Waals surface area contributed by atoms with Crippen LogP contribution in [0.4, 0.5) is 0 Å². The molecule has 0 saturated heterocycles. The molecule has 0 radical (unpaired) electrons. The first-order valence-electron chi connectivity index (χ1n) is 5.34. The molecule has 0 bridgehead atoms. The zero-order valence-electron chi connectivity index (χ0n) is 10.0. The molecule has 0 spiro atoms. The molecule has 0 atom stereocenters. The minimum Gasteiger partial charge on any atom is -0.264 e. The van der Waals surface area contributed by atoms with Crippen LogP contribution in [0.2, 0.25) is 0 Å². The first-order chi connectivity index (χ1) is 9.01. The van der Waals surface area contributed by atoms with Crippen molar-refractivity contribution in [2.75, 3.05) is 0 Å². The van der Waals surface area contributed by atoms with Crippen molar-refractivity contribution >= 4 is 26.9 Å². The zero-order valence-corrected chi connectivity index (χ0v) is 11.7. The summed E-state index contributed by atoms with van der Waals surface area (Å²) in [5.41, 5.74) is 1.50. The van der Waals surface area contributed by atoms with Gasteiger partial charge >= 0.3 is 10.1 Å². The van der Waals surface area contributed by atoms with Crippen molar-refractivity contribution in [3.05, 3.63) is 40.8 Å². The molecule has 0 saturated carbocycles. The molecule has 98 valence electrons. The molecule has 7 heteroatoms. The SMILES string of the molecule is Cc1ccc(S(=O)(=O)ON=C2CC(C#N)=CS2)cc1. The highest BCUT2D eigenvalue weighted by Crippen LogP contribution is 2.25. The van der Waals surface area contributed by atoms with E-state index in [-0.39, 0.29) is 4.90 Å². The van der Waals surface area contributed by atoms with Gasteiger partial charge in [-0.25, -0.2) is 0 Å². The first kappa shape index (κ1) is 13.6. The molecular formula is C12H10N2O3S2. The summed E-state index contributed by atoms with van der Waals surface area (Å²) < 4.78 is 28.3. The summed E-state index contributed by atoms with van der Waals surface area (Å²) in [5, 5.41) is 14.3. The van der Waals surface area contributed by atoms with Gasteiger partial charge in [-0.3, -0.25) is 4.28 Å². The highest BCUT2D eigenvalue weighted by molar-refractivity contribution is 8.16. The van der Waals surface area contributed by atoms with Crippen LogP contribution in [-0.2, 0) is 14.4 Å². The quantitative estimate of drug-likeness (QED) is 0.800. The van der Waals surface area contributed by atoms with Gasteiger partial charge in [0.15, 0.2) is 0 Å². The Bertz CT molecular complexity index is 683. The lowest BCUT2D eigenvalue weighted by Gasteiger charge is -2.02. The fraction of sp³-hybridized carbons (Fsp3) is 0.167. The van der Waals surface area contributed by atoms with E-state index in [0.717, 1.165) is 5.56 Å². The van der Waals surface area contributed by atoms with Crippen molar-refractivity contribution in [3.63, 3.8) is 0 Å². The zero-order chi connectivity index (χ0) is 13.9. The van der Waals surface area contributed by atoms with E-state index in [9.17, 15) is 8.42 Å². The van der Waals surface area contributed by atoms with E-state index in [1.165, 1.54) is 23.9 Å². The molecule has 1 heterocycles. The number of aryl methyl sites for hydroxylation is 1. The van der Waals surface area contributed by atoms with Crippen LogP contribution in [0, 0.1) is 18.3 Å². The number of allylic oxidation sites excluding steroid dienone is 1. The fourth-order valence-corrected chi connectivity index (χ4v) is 2.87. The van der Waals surface area contributed by atoms with E-state index in [2.05, 4.69) is 9.44 Å². The number of benzene rings is 1. The highest BCUT2D eigenvalue weighted by Gasteiger charge is 2.18. The molecule has 5 nitrogen and oxygen atoms in total. The molecule has 0 unspecified atom stereocenters. The fourth-order valence-electron chi connectivity index (χ4n) is 1.34. The van der Waals surface area contributed by atoms with E-state index in [1.54, 1.807) is 17.5 Å². The second kappa shape index (κ2) is 5.47. The standard InChI is InChI=1S/C12H10N2O3S2/c1-9-2-4-11(5-3-9)19(15,16)17-14-12-6-10(7-13)8-18-12/h2-5,8H,6H2,1H3. The minimum atomic E-state index is -3.90. The lowest BCUT2D eigenvalue weighted by atomic mass is 10.2. The van der Waals surface area contributed by atoms with Crippen molar-refractivity contribution in [2.45, 2.75) is 18.2 Å². The van der Waals surface area contributed by atoms with Gasteiger partial charge in [0.25, 0.3) is 0 Å². The molecule has 0 fully saturated rings. The molecule has 1 aromatic rings. The van der Waals surface area contributed by atoms with E-state index in [0.29, 0.717) is 17.0 Å². The monoisotopic (exact) mass is 294 g/mol. The van der Waals surface area contributed by atoms with Crippen molar-refractivity contribution in [3.8, 4) is 6.07 Å². The van der Waals surface area contributed by atoms with Gasteiger partial charge in [0.05, 0.1) is 6.07 Å². The Labute approximate surface area is 115 Å². The normalized spacial score (nSPS) is 17.1. The second-order valence-corrected chi connectivity index (χ2v) is 6.35. The van der Waals surface area contributed by atoms with Crippen LogP contribution in [0.3, 0.4) is 0 Å². The Kier molecular flexibility index (Phi) is 3.93. The third kappa shape index (κ3) is 3.36. The van der Waals surface area contributed by atoms with Gasteiger partial charge in [-0.2, -0.15) is 13.7 Å². The van der Waals surface area contributed by atoms with Crippen molar-refractivity contribution in [1.29, 1.82) is 5.26 Å². The van der Waals surface area contributed by atoms with Gasteiger partial charge in [-0.15, -0.1) is 0 Å². The summed E-state index contributed by atoms with van der Waals surface area (Å²) in [7, 11) is -3.90. The summed E-state index contributed by atoms with van der Waals surface area (Å²) in [6.07, 6.45) is 0.310. The van der Waals surface area contributed by atoms with Crippen LogP contribution in [0.15, 0.2) is 45.3 Å². The average molecular weight is 294 g/mol. The molecule has 1 aromatic carbocycles. The van der Waals surface area contributed by atoms with Crippen LogP contribution in [0.5, 0.6) is 0 Å². The lowest BCUT2D eigenvalue weighted by Crippen LogP contribution is -2.03. The largest absolute Gasteiger partial charge is 0.358 e. The van der Waals surface area contributed by atoms with E-state index in [1.807, 2.05) is 13.0 Å². The Morgan fingerprint density at radius 2 is 2.05 bits per heavy atom. The predicted octanol–water partition coefficient (Wildman–Crippen LogP) is 2.56. The van der Waals surface area contributed by atoms with Gasteiger partial charge in [0.2, 0.25) is 0 Å². The van der Waals surface area contributed by atoms with Crippen LogP contribution in [-0.4, -0.2) is 13.5 Å². The number of nitriles is 1. The molecule has 0 N–H and O–H groups in total. The van der Waals surface area contributed by atoms with Crippen LogP contribution < -0.4 is 0 Å². The second-order valence-electron chi connectivity index (χ2n) is 3.88. The van der Waals surface area contributed by atoms with Gasteiger partial charge in [-0.05, 0) is 24.5 Å². The molecule has 0 aliphatic carbocycles. The maximum Gasteiger partial charge on any atom is 0.358 e. The van der Waals surface area contributed by atoms with Crippen molar-refractivity contribution in [1.82, 2.24) is 0 Å². The Morgan fingerprint density at radius 3 is 2.63 bits per heavy atom. The maximum atomic E-state index is 11.8. The van der Waals surface area contributed by atoms with Gasteiger partial charge < -0.3 is 0 Å². The van der Waals surface area contributed by atoms with Gasteiger partial charge in [-0.1, -0.05) is 34.6 Å². The molecule has 2 rings (SSSR count). The van der Waals surface area contributed by atoms with Gasteiger partial charge in [0, 0.05) is 12.0 Å². The third-order valence-electron chi connectivity index (χ3n) is 2.37. The average Bonchev–Trinajstić information content (AvgIpc) is 2.85. The molecule has 0 aromatic heterocycles. The van der Waals surface area contributed by atoms with E-state index >= 15 is 0 Å². The smallest absolute Gasteiger partial charge is 0.264 e. The Hall–Kier alpha value is -1.78. The lowest BCUT2D eigenvalue weighted by molar-refractivity contribution is 0.339. The molecule has 1 aliphatic heterocycles. The molecular weight excluding hydrogens is 284 g/mol. The number of oxime groups is 1. The Morgan fingerprint density at radius 1 is 1.37 bits per heavy atom. The molecule has 1 aliphatic rings. The topological polar surface area (TPSA) is 79.5 Å². The number of hydrogen-bond donors (Lipinski definition) is 0. The van der Waals surface area contributed by atoms with Gasteiger partial charge in [0.1, 0.15) is 9.94 Å².